The number of carbonyl (C=O) groups is 2. The van der Waals surface area contributed by atoms with Crippen LogP contribution in [0.4, 0.5) is 0 Å². The highest BCUT2D eigenvalue weighted by molar-refractivity contribution is 9.10. The van der Waals surface area contributed by atoms with Gasteiger partial charge in [-0.1, -0.05) is 0 Å². The monoisotopic (exact) mass is 344 g/mol. The van der Waals surface area contributed by atoms with E-state index in [1.54, 1.807) is 6.07 Å². The molecular formula is C13H17BrN2O4. The van der Waals surface area contributed by atoms with Crippen LogP contribution in [-0.2, 0) is 9.53 Å². The third-order valence-electron chi connectivity index (χ3n) is 2.97. The van der Waals surface area contributed by atoms with Gasteiger partial charge in [0, 0.05) is 12.6 Å². The number of nitrogens with zero attached hydrogens (tertiary/aromatic N) is 1. The molecule has 1 unspecified atom stereocenters. The average Bonchev–Trinajstić information content (AvgIpc) is 2.83. The molecule has 6 nitrogen and oxygen atoms in total. The van der Waals surface area contributed by atoms with Crippen molar-refractivity contribution in [2.24, 2.45) is 0 Å². The maximum Gasteiger partial charge on any atom is 0.259 e. The molecule has 2 amide bonds. The number of carbonyl (C=O) groups excluding carboxylic acids is 2. The van der Waals surface area contributed by atoms with Crippen LogP contribution in [-0.4, -0.2) is 48.6 Å². The molecule has 1 aromatic heterocycles. The van der Waals surface area contributed by atoms with Gasteiger partial charge in [-0.3, -0.25) is 9.59 Å². The predicted molar refractivity (Wildman–Crippen MR) is 75.3 cm³/mol. The van der Waals surface area contributed by atoms with Gasteiger partial charge in [0.1, 0.15) is 6.04 Å². The number of ether oxygens (including phenoxy) is 1. The molecule has 0 aromatic carbocycles. The highest BCUT2D eigenvalue weighted by atomic mass is 79.9. The summed E-state index contributed by atoms with van der Waals surface area (Å²) in [6, 6.07) is 0.988. The Kier molecular flexibility index (Phi) is 4.82. The van der Waals surface area contributed by atoms with Crippen LogP contribution < -0.4 is 5.32 Å². The first-order valence-electron chi connectivity index (χ1n) is 6.42. The Morgan fingerprint density at radius 2 is 2.25 bits per heavy atom. The number of nitrogens with one attached hydrogen (secondary N) is 1. The zero-order chi connectivity index (χ0) is 14.7. The van der Waals surface area contributed by atoms with E-state index in [4.69, 9.17) is 9.15 Å². The van der Waals surface area contributed by atoms with Crippen molar-refractivity contribution in [2.75, 3.05) is 19.8 Å². The van der Waals surface area contributed by atoms with Crippen LogP contribution in [0.3, 0.4) is 0 Å². The van der Waals surface area contributed by atoms with Gasteiger partial charge in [0.15, 0.2) is 4.67 Å². The first kappa shape index (κ1) is 15.1. The maximum atomic E-state index is 12.5. The molecule has 1 fully saturated rings. The summed E-state index contributed by atoms with van der Waals surface area (Å²) in [7, 11) is 0. The van der Waals surface area contributed by atoms with E-state index < -0.39 is 6.04 Å². The van der Waals surface area contributed by atoms with Gasteiger partial charge in [-0.05, 0) is 35.8 Å². The number of furan rings is 1. The van der Waals surface area contributed by atoms with Gasteiger partial charge in [-0.2, -0.15) is 0 Å². The minimum Gasteiger partial charge on any atom is -0.457 e. The fourth-order valence-electron chi connectivity index (χ4n) is 2.05. The van der Waals surface area contributed by atoms with Crippen LogP contribution in [0.1, 0.15) is 24.2 Å². The number of hydrogen-bond donors (Lipinski definition) is 1. The van der Waals surface area contributed by atoms with Gasteiger partial charge >= 0.3 is 0 Å². The topological polar surface area (TPSA) is 71.8 Å². The third kappa shape index (κ3) is 3.21. The predicted octanol–water partition coefficient (Wildman–Crippen LogP) is 1.41. The minimum atomic E-state index is -0.611. The Balaban J connectivity index is 2.17. The molecule has 20 heavy (non-hydrogen) atoms. The lowest BCUT2D eigenvalue weighted by molar-refractivity contribution is -0.131. The second kappa shape index (κ2) is 6.41. The molecule has 2 heterocycles. The summed E-state index contributed by atoms with van der Waals surface area (Å²) in [4.78, 5) is 26.2. The van der Waals surface area contributed by atoms with Gasteiger partial charge in [0.05, 0.1) is 25.0 Å². The molecule has 1 atom stereocenters. The molecule has 0 spiro atoms. The second-order valence-electron chi connectivity index (χ2n) is 4.86. The molecule has 0 saturated carbocycles. The number of rotatable bonds is 3. The van der Waals surface area contributed by atoms with Crippen molar-refractivity contribution in [1.29, 1.82) is 0 Å². The molecule has 1 saturated heterocycles. The van der Waals surface area contributed by atoms with E-state index in [1.807, 2.05) is 13.8 Å². The maximum absolute atomic E-state index is 12.5. The SMILES string of the molecule is CC(C)NC(=O)C1COCCN1C(=O)c1ccoc1Br. The molecule has 1 aromatic rings. The van der Waals surface area contributed by atoms with E-state index in [9.17, 15) is 9.59 Å². The Bertz CT molecular complexity index is 500. The fourth-order valence-corrected chi connectivity index (χ4v) is 2.46. The summed E-state index contributed by atoms with van der Waals surface area (Å²) in [6.07, 6.45) is 1.43. The van der Waals surface area contributed by atoms with Crippen LogP contribution in [0.25, 0.3) is 0 Å². The number of amides is 2. The summed E-state index contributed by atoms with van der Waals surface area (Å²) >= 11 is 3.18. The molecule has 1 N–H and O–H groups in total. The fraction of sp³-hybridized carbons (Fsp3) is 0.538. The molecule has 0 bridgehead atoms. The standard InChI is InChI=1S/C13H17BrN2O4/c1-8(2)15-12(17)10-7-19-6-4-16(10)13(18)9-3-5-20-11(9)14/h3,5,8,10H,4,6-7H2,1-2H3,(H,15,17). The zero-order valence-electron chi connectivity index (χ0n) is 11.4. The van der Waals surface area contributed by atoms with E-state index in [2.05, 4.69) is 21.2 Å². The summed E-state index contributed by atoms with van der Waals surface area (Å²) in [6.45, 7) is 4.76. The molecule has 2 rings (SSSR count). The lowest BCUT2D eigenvalue weighted by Gasteiger charge is -2.34. The van der Waals surface area contributed by atoms with Crippen LogP contribution in [0, 0.1) is 0 Å². The minimum absolute atomic E-state index is 0.0158. The van der Waals surface area contributed by atoms with E-state index in [0.717, 1.165) is 0 Å². The Labute approximate surface area is 125 Å². The Morgan fingerprint density at radius 3 is 2.85 bits per heavy atom. The molecule has 0 aliphatic carbocycles. The second-order valence-corrected chi connectivity index (χ2v) is 5.58. The molecule has 7 heteroatoms. The summed E-state index contributed by atoms with van der Waals surface area (Å²) in [5, 5.41) is 2.81. The molecule has 1 aliphatic rings. The lowest BCUT2D eigenvalue weighted by atomic mass is 10.1. The average molecular weight is 345 g/mol. The van der Waals surface area contributed by atoms with Gasteiger partial charge in [0.2, 0.25) is 5.91 Å². The van der Waals surface area contributed by atoms with E-state index in [-0.39, 0.29) is 24.5 Å². The van der Waals surface area contributed by atoms with Crippen molar-refractivity contribution < 1.29 is 18.7 Å². The van der Waals surface area contributed by atoms with Crippen LogP contribution in [0.2, 0.25) is 0 Å². The summed E-state index contributed by atoms with van der Waals surface area (Å²) < 4.78 is 10.8. The number of halogens is 1. The van der Waals surface area contributed by atoms with Gasteiger partial charge < -0.3 is 19.4 Å². The smallest absolute Gasteiger partial charge is 0.259 e. The summed E-state index contributed by atoms with van der Waals surface area (Å²) in [5.41, 5.74) is 0.411. The van der Waals surface area contributed by atoms with Crippen LogP contribution >= 0.6 is 15.9 Å². The Hall–Kier alpha value is -1.34. The van der Waals surface area contributed by atoms with Crippen molar-refractivity contribution in [2.45, 2.75) is 25.9 Å². The number of hydrogen-bond acceptors (Lipinski definition) is 4. The molecular weight excluding hydrogens is 328 g/mol. The van der Waals surface area contributed by atoms with Crippen molar-refractivity contribution in [3.05, 3.63) is 22.6 Å². The molecule has 1 aliphatic heterocycles. The first-order valence-corrected chi connectivity index (χ1v) is 7.22. The van der Waals surface area contributed by atoms with E-state index in [0.29, 0.717) is 23.4 Å². The third-order valence-corrected chi connectivity index (χ3v) is 3.59. The van der Waals surface area contributed by atoms with E-state index in [1.165, 1.54) is 11.2 Å². The molecule has 110 valence electrons. The van der Waals surface area contributed by atoms with Gasteiger partial charge in [-0.15, -0.1) is 0 Å². The number of morpholine rings is 1. The molecule has 0 radical (unpaired) electrons. The van der Waals surface area contributed by atoms with Crippen LogP contribution in [0.5, 0.6) is 0 Å². The zero-order valence-corrected chi connectivity index (χ0v) is 13.0. The summed E-state index contributed by atoms with van der Waals surface area (Å²) in [5.74, 6) is -0.439. The normalized spacial score (nSPS) is 19.2. The van der Waals surface area contributed by atoms with E-state index >= 15 is 0 Å². The largest absolute Gasteiger partial charge is 0.457 e. The van der Waals surface area contributed by atoms with Crippen molar-refractivity contribution in [1.82, 2.24) is 10.2 Å². The quantitative estimate of drug-likeness (QED) is 0.899. The first-order chi connectivity index (χ1) is 9.50. The highest BCUT2D eigenvalue weighted by Gasteiger charge is 2.34. The van der Waals surface area contributed by atoms with Crippen molar-refractivity contribution in [3.63, 3.8) is 0 Å². The van der Waals surface area contributed by atoms with Gasteiger partial charge in [-0.25, -0.2) is 0 Å². The van der Waals surface area contributed by atoms with Crippen molar-refractivity contribution >= 4 is 27.7 Å². The van der Waals surface area contributed by atoms with Crippen LogP contribution in [0.15, 0.2) is 21.4 Å². The van der Waals surface area contributed by atoms with Gasteiger partial charge in [0.25, 0.3) is 5.91 Å². The van der Waals surface area contributed by atoms with Crippen molar-refractivity contribution in [3.8, 4) is 0 Å². The Morgan fingerprint density at radius 1 is 1.50 bits per heavy atom. The highest BCUT2D eigenvalue weighted by Crippen LogP contribution is 2.21. The lowest BCUT2D eigenvalue weighted by Crippen LogP contribution is -2.56.